The van der Waals surface area contributed by atoms with E-state index in [4.69, 9.17) is 4.52 Å². The summed E-state index contributed by atoms with van der Waals surface area (Å²) in [5.41, 5.74) is 1.23. The quantitative estimate of drug-likeness (QED) is 0.739. The SMILES string of the molecule is CC(C)c1nc(Cn2ccc(-c3ccccc3)nc2=O)no1. The second kappa shape index (κ2) is 5.93. The number of nitrogens with zero attached hydrogens (tertiary/aromatic N) is 4. The number of hydrogen-bond donors (Lipinski definition) is 0. The van der Waals surface area contributed by atoms with E-state index < -0.39 is 0 Å². The van der Waals surface area contributed by atoms with Crippen LogP contribution in [-0.2, 0) is 6.54 Å². The summed E-state index contributed by atoms with van der Waals surface area (Å²) in [6.45, 7) is 4.19. The molecule has 0 aliphatic carbocycles. The van der Waals surface area contributed by atoms with Gasteiger partial charge >= 0.3 is 5.69 Å². The monoisotopic (exact) mass is 296 g/mol. The molecule has 0 aliphatic rings. The molecule has 0 amide bonds. The van der Waals surface area contributed by atoms with Crippen LogP contribution in [0, 0.1) is 0 Å². The Morgan fingerprint density at radius 2 is 1.91 bits per heavy atom. The Labute approximate surface area is 127 Å². The lowest BCUT2D eigenvalue weighted by atomic mass is 10.1. The van der Waals surface area contributed by atoms with Crippen LogP contribution in [0.5, 0.6) is 0 Å². The van der Waals surface area contributed by atoms with Crippen molar-refractivity contribution in [2.75, 3.05) is 0 Å². The van der Waals surface area contributed by atoms with E-state index in [9.17, 15) is 4.79 Å². The molecule has 0 fully saturated rings. The van der Waals surface area contributed by atoms with Crippen LogP contribution in [0.15, 0.2) is 51.9 Å². The van der Waals surface area contributed by atoms with E-state index in [2.05, 4.69) is 15.1 Å². The summed E-state index contributed by atoms with van der Waals surface area (Å²) in [6, 6.07) is 11.4. The van der Waals surface area contributed by atoms with Gasteiger partial charge in [-0.3, -0.25) is 4.57 Å². The third-order valence-electron chi connectivity index (χ3n) is 3.23. The Balaban J connectivity index is 1.85. The first kappa shape index (κ1) is 14.2. The average Bonchev–Trinajstić information content (AvgIpc) is 2.99. The van der Waals surface area contributed by atoms with Gasteiger partial charge in [0.25, 0.3) is 0 Å². The van der Waals surface area contributed by atoms with Crippen molar-refractivity contribution in [1.29, 1.82) is 0 Å². The number of rotatable bonds is 4. The average molecular weight is 296 g/mol. The van der Waals surface area contributed by atoms with E-state index in [0.717, 1.165) is 5.56 Å². The molecule has 3 rings (SSSR count). The Bertz CT molecular complexity index is 821. The number of hydrogen-bond acceptors (Lipinski definition) is 5. The van der Waals surface area contributed by atoms with Gasteiger partial charge in [-0.15, -0.1) is 0 Å². The molecule has 0 atom stereocenters. The predicted molar refractivity (Wildman–Crippen MR) is 81.4 cm³/mol. The van der Waals surface area contributed by atoms with Crippen molar-refractivity contribution >= 4 is 0 Å². The second-order valence-corrected chi connectivity index (χ2v) is 5.29. The van der Waals surface area contributed by atoms with E-state index in [1.165, 1.54) is 4.57 Å². The maximum Gasteiger partial charge on any atom is 0.348 e. The van der Waals surface area contributed by atoms with Crippen molar-refractivity contribution in [3.05, 3.63) is 64.8 Å². The smallest absolute Gasteiger partial charge is 0.339 e. The molecule has 0 spiro atoms. The Morgan fingerprint density at radius 1 is 1.14 bits per heavy atom. The lowest BCUT2D eigenvalue weighted by Crippen LogP contribution is -2.23. The minimum absolute atomic E-state index is 0.163. The molecule has 6 nitrogen and oxygen atoms in total. The molecule has 1 aromatic carbocycles. The zero-order valence-electron chi connectivity index (χ0n) is 12.4. The van der Waals surface area contributed by atoms with Crippen LogP contribution in [-0.4, -0.2) is 19.7 Å². The highest BCUT2D eigenvalue weighted by Crippen LogP contribution is 2.14. The highest BCUT2D eigenvalue weighted by molar-refractivity contribution is 5.57. The number of benzene rings is 1. The fourth-order valence-corrected chi connectivity index (χ4v) is 2.04. The summed E-state index contributed by atoms with van der Waals surface area (Å²) in [7, 11) is 0. The summed E-state index contributed by atoms with van der Waals surface area (Å²) in [4.78, 5) is 20.5. The lowest BCUT2D eigenvalue weighted by molar-refractivity contribution is 0.359. The van der Waals surface area contributed by atoms with Gasteiger partial charge in [0.2, 0.25) is 5.89 Å². The van der Waals surface area contributed by atoms with Crippen LogP contribution in [0.25, 0.3) is 11.3 Å². The van der Waals surface area contributed by atoms with Crippen molar-refractivity contribution in [2.24, 2.45) is 0 Å². The third kappa shape index (κ3) is 2.95. The van der Waals surface area contributed by atoms with Gasteiger partial charge in [-0.1, -0.05) is 49.3 Å². The Kier molecular flexibility index (Phi) is 3.82. The van der Waals surface area contributed by atoms with Crippen LogP contribution in [0.4, 0.5) is 0 Å². The lowest BCUT2D eigenvalue weighted by Gasteiger charge is -2.04. The summed E-state index contributed by atoms with van der Waals surface area (Å²) in [5.74, 6) is 1.20. The van der Waals surface area contributed by atoms with Gasteiger partial charge in [-0.25, -0.2) is 4.79 Å². The van der Waals surface area contributed by atoms with Crippen LogP contribution in [0.3, 0.4) is 0 Å². The minimum atomic E-state index is -0.336. The summed E-state index contributed by atoms with van der Waals surface area (Å²) in [5, 5.41) is 3.88. The Morgan fingerprint density at radius 3 is 2.55 bits per heavy atom. The third-order valence-corrected chi connectivity index (χ3v) is 3.23. The highest BCUT2D eigenvalue weighted by Gasteiger charge is 2.11. The molecule has 0 saturated carbocycles. The van der Waals surface area contributed by atoms with Gasteiger partial charge in [-0.05, 0) is 6.07 Å². The van der Waals surface area contributed by atoms with Crippen molar-refractivity contribution in [2.45, 2.75) is 26.3 Å². The maximum absolute atomic E-state index is 12.1. The molecular weight excluding hydrogens is 280 g/mol. The molecule has 0 radical (unpaired) electrons. The van der Waals surface area contributed by atoms with Gasteiger partial charge in [0.15, 0.2) is 5.82 Å². The minimum Gasteiger partial charge on any atom is -0.339 e. The standard InChI is InChI=1S/C16H16N4O2/c1-11(2)15-18-14(19-22-15)10-20-9-8-13(17-16(20)21)12-6-4-3-5-7-12/h3-9,11H,10H2,1-2H3. The van der Waals surface area contributed by atoms with Crippen molar-refractivity contribution in [3.63, 3.8) is 0 Å². The molecule has 0 N–H and O–H groups in total. The largest absolute Gasteiger partial charge is 0.348 e. The maximum atomic E-state index is 12.1. The molecule has 0 unspecified atom stereocenters. The van der Waals surface area contributed by atoms with Crippen LogP contribution < -0.4 is 5.69 Å². The number of aromatic nitrogens is 4. The van der Waals surface area contributed by atoms with E-state index in [-0.39, 0.29) is 18.2 Å². The van der Waals surface area contributed by atoms with Gasteiger partial charge < -0.3 is 4.52 Å². The van der Waals surface area contributed by atoms with Gasteiger partial charge in [0.1, 0.15) is 0 Å². The summed E-state index contributed by atoms with van der Waals surface area (Å²) < 4.78 is 6.59. The molecule has 2 aromatic heterocycles. The van der Waals surface area contributed by atoms with Crippen LogP contribution >= 0.6 is 0 Å². The summed E-state index contributed by atoms with van der Waals surface area (Å²) >= 11 is 0. The zero-order valence-corrected chi connectivity index (χ0v) is 12.4. The van der Waals surface area contributed by atoms with Gasteiger partial charge in [0, 0.05) is 17.7 Å². The fraction of sp³-hybridized carbons (Fsp3) is 0.250. The second-order valence-electron chi connectivity index (χ2n) is 5.29. The molecule has 0 bridgehead atoms. The molecule has 112 valence electrons. The summed E-state index contributed by atoms with van der Waals surface area (Å²) in [6.07, 6.45) is 1.70. The van der Waals surface area contributed by atoms with Crippen molar-refractivity contribution in [3.8, 4) is 11.3 Å². The van der Waals surface area contributed by atoms with E-state index in [0.29, 0.717) is 17.4 Å². The molecule has 2 heterocycles. The molecule has 3 aromatic rings. The topological polar surface area (TPSA) is 73.8 Å². The Hall–Kier alpha value is -2.76. The molecule has 0 aliphatic heterocycles. The van der Waals surface area contributed by atoms with Crippen molar-refractivity contribution in [1.82, 2.24) is 19.7 Å². The first-order chi connectivity index (χ1) is 10.6. The molecule has 0 saturated heterocycles. The zero-order chi connectivity index (χ0) is 15.5. The molecule has 6 heteroatoms. The van der Waals surface area contributed by atoms with Crippen molar-refractivity contribution < 1.29 is 4.52 Å². The molecular formula is C16H16N4O2. The fourth-order valence-electron chi connectivity index (χ4n) is 2.04. The van der Waals surface area contributed by atoms with E-state index >= 15 is 0 Å². The van der Waals surface area contributed by atoms with Gasteiger partial charge in [-0.2, -0.15) is 9.97 Å². The highest BCUT2D eigenvalue weighted by atomic mass is 16.5. The first-order valence-corrected chi connectivity index (χ1v) is 7.09. The normalized spacial score (nSPS) is 11.0. The first-order valence-electron chi connectivity index (χ1n) is 7.09. The van der Waals surface area contributed by atoms with Crippen LogP contribution in [0.2, 0.25) is 0 Å². The molecule has 22 heavy (non-hydrogen) atoms. The van der Waals surface area contributed by atoms with Crippen LogP contribution in [0.1, 0.15) is 31.5 Å². The van der Waals surface area contributed by atoms with E-state index in [1.54, 1.807) is 12.3 Å². The van der Waals surface area contributed by atoms with E-state index in [1.807, 2.05) is 44.2 Å². The van der Waals surface area contributed by atoms with Gasteiger partial charge in [0.05, 0.1) is 12.2 Å². The predicted octanol–water partition coefficient (Wildman–Crippen LogP) is 2.46.